The molecule has 0 fully saturated rings. The highest BCUT2D eigenvalue weighted by atomic mass is 32.5. The van der Waals surface area contributed by atoms with Gasteiger partial charge in [-0.2, -0.15) is 0 Å². The molecule has 0 amide bonds. The number of rotatable bonds is 2. The normalized spacial score (nSPS) is 19.5. The Hall–Kier alpha value is -0.520. The second-order valence-electron chi connectivity index (χ2n) is 1.94. The highest BCUT2D eigenvalue weighted by molar-refractivity contribution is 8.48. The van der Waals surface area contributed by atoms with Crippen molar-refractivity contribution in [3.63, 3.8) is 0 Å². The number of allylic oxidation sites excluding steroid dienone is 2. The molecule has 0 unspecified atom stereocenters. The molecule has 0 nitrogen and oxygen atoms in total. The van der Waals surface area contributed by atoms with Crippen LogP contribution in [0.1, 0.15) is 6.92 Å². The van der Waals surface area contributed by atoms with Crippen LogP contribution in [0.15, 0.2) is 23.6 Å². The third-order valence-corrected chi connectivity index (χ3v) is 1.98. The summed E-state index contributed by atoms with van der Waals surface area (Å²) in [6.45, 7) is 3.45. The zero-order chi connectivity index (χ0) is 9.40. The van der Waals surface area contributed by atoms with Gasteiger partial charge in [-0.25, -0.2) is 0 Å². The SMILES string of the molecule is C=C(C=CC)S(F)(F)(F)(F)F. The highest BCUT2D eigenvalue weighted by Crippen LogP contribution is 3.01. The maximum Gasteiger partial charge on any atom is 0.309 e. The lowest BCUT2D eigenvalue weighted by Gasteiger charge is -2.40. The average molecular weight is 194 g/mol. The maximum absolute atomic E-state index is 11.6. The first-order valence-corrected chi connectivity index (χ1v) is 4.48. The third kappa shape index (κ3) is 3.41. The lowest BCUT2D eigenvalue weighted by atomic mass is 10.5. The van der Waals surface area contributed by atoms with Gasteiger partial charge in [-0.3, -0.25) is 0 Å². The van der Waals surface area contributed by atoms with E-state index in [0.29, 0.717) is 0 Å². The van der Waals surface area contributed by atoms with Gasteiger partial charge in [-0.1, -0.05) is 32.1 Å². The molecular formula is C5H7F5S. The van der Waals surface area contributed by atoms with E-state index in [4.69, 9.17) is 0 Å². The van der Waals surface area contributed by atoms with E-state index < -0.39 is 15.1 Å². The summed E-state index contributed by atoms with van der Waals surface area (Å²) < 4.78 is 58.2. The van der Waals surface area contributed by atoms with Gasteiger partial charge < -0.3 is 0 Å². The van der Waals surface area contributed by atoms with Gasteiger partial charge in [0.1, 0.15) is 0 Å². The van der Waals surface area contributed by atoms with E-state index in [1.165, 1.54) is 6.92 Å². The fourth-order valence-electron chi connectivity index (χ4n) is 0.314. The fraction of sp³-hybridized carbons (Fsp3) is 0.200. The molecule has 6 heteroatoms. The molecule has 0 aliphatic carbocycles. The Morgan fingerprint density at radius 1 is 1.18 bits per heavy atom. The first-order valence-electron chi connectivity index (χ1n) is 2.53. The molecule has 0 spiro atoms. The predicted octanol–water partition coefficient (Wildman–Crippen LogP) is 4.37. The number of halogens is 5. The van der Waals surface area contributed by atoms with Gasteiger partial charge in [0, 0.05) is 0 Å². The molecule has 0 N–H and O–H groups in total. The predicted molar refractivity (Wildman–Crippen MR) is 37.1 cm³/mol. The molecule has 0 aromatic carbocycles. The van der Waals surface area contributed by atoms with E-state index in [1.807, 2.05) is 0 Å². The average Bonchev–Trinajstić information content (AvgIpc) is 1.60. The van der Waals surface area contributed by atoms with Crippen molar-refractivity contribution in [2.45, 2.75) is 6.92 Å². The van der Waals surface area contributed by atoms with Crippen molar-refractivity contribution in [3.05, 3.63) is 23.6 Å². The summed E-state index contributed by atoms with van der Waals surface area (Å²) in [5.41, 5.74) is 0. The molecule has 0 radical (unpaired) electrons. The van der Waals surface area contributed by atoms with E-state index in [1.54, 1.807) is 0 Å². The summed E-state index contributed by atoms with van der Waals surface area (Å²) in [6.07, 6.45) is 1.11. The largest absolute Gasteiger partial charge is 0.309 e. The summed E-state index contributed by atoms with van der Waals surface area (Å²) in [4.78, 5) is -2.06. The van der Waals surface area contributed by atoms with E-state index >= 15 is 0 Å². The molecule has 0 aromatic heterocycles. The Balaban J connectivity index is 5.03. The molecule has 0 aromatic rings. The standard InChI is InChI=1S/C5H7F5S/c1-3-4-5(2)11(6,7,8,9)10/h3-4H,2H2,1H3. The van der Waals surface area contributed by atoms with Gasteiger partial charge in [-0.05, 0) is 13.0 Å². The Morgan fingerprint density at radius 2 is 1.55 bits per heavy atom. The second kappa shape index (κ2) is 1.80. The minimum Gasteiger partial charge on any atom is -0.0937 e. The van der Waals surface area contributed by atoms with Crippen LogP contribution in [-0.2, 0) is 0 Å². The summed E-state index contributed by atoms with van der Waals surface area (Å²) in [5, 5.41) is 0. The van der Waals surface area contributed by atoms with Gasteiger partial charge in [0.05, 0.1) is 4.91 Å². The monoisotopic (exact) mass is 194 g/mol. The maximum atomic E-state index is 11.6. The van der Waals surface area contributed by atoms with Gasteiger partial charge in [0.25, 0.3) is 0 Å². The van der Waals surface area contributed by atoms with Gasteiger partial charge in [0.2, 0.25) is 0 Å². The molecule has 0 aliphatic rings. The number of hydrogen-bond donors (Lipinski definition) is 0. The van der Waals surface area contributed by atoms with Crippen LogP contribution in [-0.4, -0.2) is 0 Å². The summed E-state index contributed by atoms with van der Waals surface area (Å²) in [6, 6.07) is 0. The minimum atomic E-state index is -9.45. The van der Waals surface area contributed by atoms with Crippen molar-refractivity contribution < 1.29 is 19.4 Å². The molecule has 0 bridgehead atoms. The smallest absolute Gasteiger partial charge is 0.0937 e. The second-order valence-corrected chi connectivity index (χ2v) is 4.40. The van der Waals surface area contributed by atoms with Crippen molar-refractivity contribution in [1.29, 1.82) is 0 Å². The summed E-state index contributed by atoms with van der Waals surface area (Å²) >= 11 is 0. The first-order chi connectivity index (χ1) is 4.47. The summed E-state index contributed by atoms with van der Waals surface area (Å²) in [7, 11) is -9.45. The lowest BCUT2D eigenvalue weighted by Crippen LogP contribution is -2.05. The zero-order valence-electron chi connectivity index (χ0n) is 5.66. The minimum absolute atomic E-state index is 0.252. The van der Waals surface area contributed by atoms with Crippen molar-refractivity contribution >= 4 is 10.2 Å². The molecule has 0 aliphatic heterocycles. The molecule has 0 saturated heterocycles. The van der Waals surface area contributed by atoms with Crippen LogP contribution < -0.4 is 0 Å². The number of hydrogen-bond acceptors (Lipinski definition) is 0. The van der Waals surface area contributed by atoms with Crippen LogP contribution in [0, 0.1) is 0 Å². The Kier molecular flexibility index (Phi) is 1.71. The molecule has 0 heterocycles. The molecular weight excluding hydrogens is 187 g/mol. The van der Waals surface area contributed by atoms with E-state index in [0.717, 1.165) is 6.08 Å². The van der Waals surface area contributed by atoms with Crippen LogP contribution in [0.3, 0.4) is 0 Å². The zero-order valence-corrected chi connectivity index (χ0v) is 6.48. The van der Waals surface area contributed by atoms with Crippen LogP contribution >= 0.6 is 10.2 Å². The van der Waals surface area contributed by atoms with Crippen molar-refractivity contribution in [1.82, 2.24) is 0 Å². The topological polar surface area (TPSA) is 0 Å². The Bertz CT molecular complexity index is 206. The Labute approximate surface area is 61.1 Å². The van der Waals surface area contributed by atoms with Crippen LogP contribution in [0.2, 0.25) is 0 Å². The summed E-state index contributed by atoms with van der Waals surface area (Å²) in [5.74, 6) is 0. The Morgan fingerprint density at radius 3 is 1.64 bits per heavy atom. The highest BCUT2D eigenvalue weighted by Gasteiger charge is 2.65. The van der Waals surface area contributed by atoms with Gasteiger partial charge >= 0.3 is 10.2 Å². The van der Waals surface area contributed by atoms with E-state index in [9.17, 15) is 19.4 Å². The first kappa shape index (κ1) is 10.5. The van der Waals surface area contributed by atoms with E-state index in [2.05, 4.69) is 6.58 Å². The fourth-order valence-corrected chi connectivity index (χ4v) is 0.708. The quantitative estimate of drug-likeness (QED) is 0.452. The molecule has 0 saturated carbocycles. The van der Waals surface area contributed by atoms with E-state index in [-0.39, 0.29) is 6.08 Å². The van der Waals surface area contributed by atoms with Gasteiger partial charge in [0.15, 0.2) is 0 Å². The van der Waals surface area contributed by atoms with Crippen molar-refractivity contribution in [3.8, 4) is 0 Å². The third-order valence-electron chi connectivity index (χ3n) is 0.848. The molecule has 0 atom stereocenters. The molecule has 68 valence electrons. The molecule has 0 rings (SSSR count). The van der Waals surface area contributed by atoms with Crippen LogP contribution in [0.5, 0.6) is 0 Å². The van der Waals surface area contributed by atoms with Crippen molar-refractivity contribution in [2.75, 3.05) is 0 Å². The van der Waals surface area contributed by atoms with Gasteiger partial charge in [-0.15, -0.1) is 0 Å². The molecule has 11 heavy (non-hydrogen) atoms. The van der Waals surface area contributed by atoms with Crippen LogP contribution in [0.25, 0.3) is 0 Å². The lowest BCUT2D eigenvalue weighted by molar-refractivity contribution is 0.380. The van der Waals surface area contributed by atoms with Crippen molar-refractivity contribution in [2.24, 2.45) is 0 Å². The van der Waals surface area contributed by atoms with Crippen LogP contribution in [0.4, 0.5) is 19.4 Å².